The number of benzene rings is 2. The van der Waals surface area contributed by atoms with Gasteiger partial charge in [-0.25, -0.2) is 0 Å². The van der Waals surface area contributed by atoms with E-state index in [1.54, 1.807) is 24.3 Å². The average Bonchev–Trinajstić information content (AvgIpc) is 2.97. The van der Waals surface area contributed by atoms with Crippen LogP contribution < -0.4 is 10.7 Å². The van der Waals surface area contributed by atoms with Crippen molar-refractivity contribution in [1.82, 2.24) is 5.32 Å². The van der Waals surface area contributed by atoms with Crippen molar-refractivity contribution >= 4 is 16.9 Å². The SMILES string of the molecule is CCO[C@H]1OC(C(=O)NCc2ccccc2)=C[C@@H](c2coc3ccccc3c2=O)[C@@H]1CCOCCOCCO. The van der Waals surface area contributed by atoms with E-state index in [1.165, 1.54) is 6.26 Å². The van der Waals surface area contributed by atoms with Gasteiger partial charge in [0.1, 0.15) is 5.58 Å². The van der Waals surface area contributed by atoms with Crippen LogP contribution in [0.3, 0.4) is 0 Å². The Bertz CT molecular complexity index is 1290. The van der Waals surface area contributed by atoms with E-state index >= 15 is 0 Å². The summed E-state index contributed by atoms with van der Waals surface area (Å²) < 4.78 is 28.8. The van der Waals surface area contributed by atoms with Gasteiger partial charge in [-0.15, -0.1) is 0 Å². The first-order chi connectivity index (χ1) is 19.1. The second-order valence-corrected chi connectivity index (χ2v) is 9.08. The Kier molecular flexibility index (Phi) is 10.7. The fourth-order valence-electron chi connectivity index (χ4n) is 4.59. The Balaban J connectivity index is 1.60. The molecule has 0 bridgehead atoms. The first kappa shape index (κ1) is 28.5. The molecule has 0 unspecified atom stereocenters. The Morgan fingerprint density at radius 2 is 1.74 bits per heavy atom. The second kappa shape index (κ2) is 14.6. The fraction of sp³-hybridized carbons (Fsp3) is 0.400. The lowest BCUT2D eigenvalue weighted by molar-refractivity contribution is -0.168. The molecule has 2 heterocycles. The molecule has 1 amide bonds. The van der Waals surface area contributed by atoms with E-state index in [1.807, 2.05) is 43.3 Å². The van der Waals surface area contributed by atoms with E-state index < -0.39 is 18.1 Å². The molecule has 1 aliphatic rings. The van der Waals surface area contributed by atoms with Gasteiger partial charge in [0.05, 0.1) is 38.1 Å². The molecule has 9 heteroatoms. The quantitative estimate of drug-likeness (QED) is 0.300. The van der Waals surface area contributed by atoms with Gasteiger partial charge in [-0.3, -0.25) is 9.59 Å². The molecule has 0 aliphatic carbocycles. The zero-order valence-electron chi connectivity index (χ0n) is 22.0. The maximum absolute atomic E-state index is 13.6. The van der Waals surface area contributed by atoms with Crippen LogP contribution in [0.1, 0.15) is 30.4 Å². The lowest BCUT2D eigenvalue weighted by Crippen LogP contribution is -2.40. The Morgan fingerprint density at radius 1 is 1.00 bits per heavy atom. The minimum absolute atomic E-state index is 0.0426. The van der Waals surface area contributed by atoms with Crippen LogP contribution in [0.15, 0.2) is 81.9 Å². The van der Waals surface area contributed by atoms with Crippen LogP contribution in [0, 0.1) is 5.92 Å². The number of hydrogen-bond acceptors (Lipinski definition) is 8. The van der Waals surface area contributed by atoms with Crippen molar-refractivity contribution in [2.24, 2.45) is 5.92 Å². The number of fused-ring (bicyclic) bond motifs is 1. The lowest BCUT2D eigenvalue weighted by atomic mass is 9.81. The number of rotatable bonds is 14. The highest BCUT2D eigenvalue weighted by Crippen LogP contribution is 2.38. The molecule has 1 aliphatic heterocycles. The van der Waals surface area contributed by atoms with Gasteiger partial charge in [-0.2, -0.15) is 0 Å². The molecule has 0 radical (unpaired) electrons. The van der Waals surface area contributed by atoms with Gasteiger partial charge in [-0.1, -0.05) is 42.5 Å². The molecule has 208 valence electrons. The van der Waals surface area contributed by atoms with Gasteiger partial charge < -0.3 is 33.8 Å². The minimum Gasteiger partial charge on any atom is -0.464 e. The highest BCUT2D eigenvalue weighted by molar-refractivity contribution is 5.91. The summed E-state index contributed by atoms with van der Waals surface area (Å²) in [5.41, 5.74) is 1.70. The summed E-state index contributed by atoms with van der Waals surface area (Å²) in [7, 11) is 0. The molecule has 39 heavy (non-hydrogen) atoms. The zero-order valence-corrected chi connectivity index (χ0v) is 22.0. The number of ether oxygens (including phenoxy) is 4. The molecule has 3 atom stereocenters. The summed E-state index contributed by atoms with van der Waals surface area (Å²) >= 11 is 0. The Labute approximate surface area is 227 Å². The first-order valence-corrected chi connectivity index (χ1v) is 13.2. The standard InChI is InChI=1S/C30H35NO8/c1-2-37-30-22(12-14-35-16-17-36-15-13-32)24(25-20-38-26-11-7-6-10-23(26)28(25)33)18-27(39-30)29(34)31-19-21-8-4-3-5-9-21/h3-11,18,20,22,24,30,32H,2,12-17,19H2,1H3,(H,31,34)/t22-,24+,30-/m0/s1. The van der Waals surface area contributed by atoms with Gasteiger partial charge in [0.2, 0.25) is 6.29 Å². The van der Waals surface area contributed by atoms with Crippen LogP contribution in [-0.4, -0.2) is 56.9 Å². The van der Waals surface area contributed by atoms with Gasteiger partial charge in [0.15, 0.2) is 11.2 Å². The molecule has 4 rings (SSSR count). The molecule has 0 saturated heterocycles. The van der Waals surface area contributed by atoms with Crippen LogP contribution >= 0.6 is 0 Å². The van der Waals surface area contributed by atoms with Crippen molar-refractivity contribution in [1.29, 1.82) is 0 Å². The number of aliphatic hydroxyl groups is 1. The van der Waals surface area contributed by atoms with E-state index in [2.05, 4.69) is 5.32 Å². The highest BCUT2D eigenvalue weighted by Gasteiger charge is 2.39. The van der Waals surface area contributed by atoms with Crippen molar-refractivity contribution < 1.29 is 33.3 Å². The predicted octanol–water partition coefficient (Wildman–Crippen LogP) is 3.50. The van der Waals surface area contributed by atoms with Gasteiger partial charge >= 0.3 is 0 Å². The third-order valence-electron chi connectivity index (χ3n) is 6.50. The topological polar surface area (TPSA) is 116 Å². The summed E-state index contributed by atoms with van der Waals surface area (Å²) in [6.07, 6.45) is 2.88. The van der Waals surface area contributed by atoms with Crippen LogP contribution in [-0.2, 0) is 30.3 Å². The number of amides is 1. The van der Waals surface area contributed by atoms with Crippen molar-refractivity contribution in [3.8, 4) is 0 Å². The van der Waals surface area contributed by atoms with Gasteiger partial charge in [0.25, 0.3) is 5.91 Å². The Hall–Kier alpha value is -3.50. The van der Waals surface area contributed by atoms with Crippen LogP contribution in [0.5, 0.6) is 0 Å². The maximum atomic E-state index is 13.6. The van der Waals surface area contributed by atoms with E-state index in [-0.39, 0.29) is 30.3 Å². The van der Waals surface area contributed by atoms with E-state index in [4.69, 9.17) is 28.5 Å². The lowest BCUT2D eigenvalue weighted by Gasteiger charge is -2.36. The van der Waals surface area contributed by atoms with Crippen molar-refractivity contribution in [3.63, 3.8) is 0 Å². The molecule has 2 aromatic carbocycles. The van der Waals surface area contributed by atoms with Crippen molar-refractivity contribution in [3.05, 3.63) is 94.0 Å². The predicted molar refractivity (Wildman–Crippen MR) is 145 cm³/mol. The van der Waals surface area contributed by atoms with E-state index in [0.717, 1.165) is 5.56 Å². The molecular weight excluding hydrogens is 502 g/mol. The number of hydrogen-bond donors (Lipinski definition) is 2. The minimum atomic E-state index is -0.775. The first-order valence-electron chi connectivity index (χ1n) is 13.2. The molecule has 0 spiro atoms. The fourth-order valence-corrected chi connectivity index (χ4v) is 4.59. The molecule has 0 saturated carbocycles. The number of carbonyl (C=O) groups is 1. The smallest absolute Gasteiger partial charge is 0.286 e. The Morgan fingerprint density at radius 3 is 2.51 bits per heavy atom. The number of aliphatic hydroxyl groups excluding tert-OH is 1. The molecule has 0 fully saturated rings. The van der Waals surface area contributed by atoms with E-state index in [9.17, 15) is 9.59 Å². The zero-order chi connectivity index (χ0) is 27.5. The van der Waals surface area contributed by atoms with Crippen molar-refractivity contribution in [2.45, 2.75) is 32.1 Å². The summed E-state index contributed by atoms with van der Waals surface area (Å²) in [5, 5.41) is 12.2. The number of carbonyl (C=O) groups excluding carboxylic acids is 1. The third kappa shape index (κ3) is 7.54. The van der Waals surface area contributed by atoms with Crippen molar-refractivity contribution in [2.75, 3.05) is 39.6 Å². The molecule has 9 nitrogen and oxygen atoms in total. The van der Waals surface area contributed by atoms with Crippen LogP contribution in [0.4, 0.5) is 0 Å². The molecule has 1 aromatic heterocycles. The third-order valence-corrected chi connectivity index (χ3v) is 6.50. The molecule has 2 N–H and O–H groups in total. The maximum Gasteiger partial charge on any atom is 0.286 e. The van der Waals surface area contributed by atoms with Crippen LogP contribution in [0.2, 0.25) is 0 Å². The molecular formula is C30H35NO8. The number of nitrogens with one attached hydrogen (secondary N) is 1. The van der Waals surface area contributed by atoms with Gasteiger partial charge in [0, 0.05) is 37.2 Å². The summed E-state index contributed by atoms with van der Waals surface area (Å²) in [5.74, 6) is -1.13. The summed E-state index contributed by atoms with van der Waals surface area (Å²) in [6, 6.07) is 16.6. The summed E-state index contributed by atoms with van der Waals surface area (Å²) in [6.45, 7) is 3.83. The second-order valence-electron chi connectivity index (χ2n) is 9.08. The monoisotopic (exact) mass is 537 g/mol. The van der Waals surface area contributed by atoms with Crippen LogP contribution in [0.25, 0.3) is 11.0 Å². The largest absolute Gasteiger partial charge is 0.464 e. The summed E-state index contributed by atoms with van der Waals surface area (Å²) in [4.78, 5) is 26.7. The molecule has 3 aromatic rings. The van der Waals surface area contributed by atoms with Gasteiger partial charge in [-0.05, 0) is 37.1 Å². The average molecular weight is 538 g/mol. The highest BCUT2D eigenvalue weighted by atomic mass is 16.7. The number of para-hydroxylation sites is 1. The van der Waals surface area contributed by atoms with E-state index in [0.29, 0.717) is 55.9 Å². The number of allylic oxidation sites excluding steroid dienone is 1. The normalized spacial score (nSPS) is 18.9.